The number of hydrogen-bond acceptors (Lipinski definition) is 3. The van der Waals surface area contributed by atoms with Crippen LogP contribution in [0.1, 0.15) is 27.0 Å². The predicted molar refractivity (Wildman–Crippen MR) is 109 cm³/mol. The number of hydrogen-bond donors (Lipinski definition) is 2. The summed E-state index contributed by atoms with van der Waals surface area (Å²) in [4.78, 5) is 24.1. The minimum atomic E-state index is -4.49. The van der Waals surface area contributed by atoms with Crippen LogP contribution in [-0.4, -0.2) is 12.0 Å². The third kappa shape index (κ3) is 6.60. The first-order valence-corrected chi connectivity index (χ1v) is 9.33. The van der Waals surface area contributed by atoms with E-state index >= 15 is 0 Å². The lowest BCUT2D eigenvalue weighted by molar-refractivity contribution is -0.137. The minimum Gasteiger partial charge on any atom is -0.445 e. The van der Waals surface area contributed by atoms with E-state index in [1.807, 2.05) is 30.3 Å². The fraction of sp³-hybridized carbons (Fsp3) is 0.130. The van der Waals surface area contributed by atoms with Crippen molar-refractivity contribution in [3.8, 4) is 0 Å². The van der Waals surface area contributed by atoms with E-state index in [0.717, 1.165) is 23.3 Å². The quantitative estimate of drug-likeness (QED) is 0.554. The third-order valence-electron chi connectivity index (χ3n) is 4.31. The molecule has 0 aliphatic rings. The molecular formula is C23H19F3N2O3. The molecule has 5 nitrogen and oxygen atoms in total. The molecule has 160 valence electrons. The number of alkyl carbamates (subject to hydrolysis) is 1. The van der Waals surface area contributed by atoms with E-state index in [4.69, 9.17) is 4.74 Å². The van der Waals surface area contributed by atoms with Gasteiger partial charge in [-0.1, -0.05) is 48.5 Å². The molecule has 0 radical (unpaired) electrons. The second-order valence-corrected chi connectivity index (χ2v) is 6.64. The molecule has 0 unspecified atom stereocenters. The van der Waals surface area contributed by atoms with E-state index in [1.54, 1.807) is 12.1 Å². The van der Waals surface area contributed by atoms with Crippen LogP contribution in [-0.2, 0) is 24.1 Å². The molecule has 0 saturated heterocycles. The molecule has 3 aromatic carbocycles. The maximum Gasteiger partial charge on any atom is 0.416 e. The Morgan fingerprint density at radius 3 is 2.23 bits per heavy atom. The summed E-state index contributed by atoms with van der Waals surface area (Å²) >= 11 is 0. The number of ether oxygens (including phenoxy) is 1. The van der Waals surface area contributed by atoms with E-state index in [2.05, 4.69) is 10.6 Å². The van der Waals surface area contributed by atoms with Gasteiger partial charge in [-0.3, -0.25) is 4.79 Å². The van der Waals surface area contributed by atoms with Crippen molar-refractivity contribution in [2.45, 2.75) is 19.3 Å². The molecule has 0 atom stereocenters. The highest BCUT2D eigenvalue weighted by molar-refractivity contribution is 6.04. The molecule has 3 aromatic rings. The zero-order valence-electron chi connectivity index (χ0n) is 16.3. The van der Waals surface area contributed by atoms with Gasteiger partial charge in [0.05, 0.1) is 5.56 Å². The van der Waals surface area contributed by atoms with Crippen molar-refractivity contribution >= 4 is 17.7 Å². The fourth-order valence-electron chi connectivity index (χ4n) is 2.70. The van der Waals surface area contributed by atoms with Crippen molar-refractivity contribution < 1.29 is 27.5 Å². The van der Waals surface area contributed by atoms with Crippen molar-refractivity contribution in [1.82, 2.24) is 5.32 Å². The topological polar surface area (TPSA) is 67.4 Å². The zero-order valence-corrected chi connectivity index (χ0v) is 16.3. The predicted octanol–water partition coefficient (Wildman–Crippen LogP) is 5.38. The summed E-state index contributed by atoms with van der Waals surface area (Å²) in [5.41, 5.74) is 1.08. The molecule has 0 saturated carbocycles. The summed E-state index contributed by atoms with van der Waals surface area (Å²) in [6, 6.07) is 20.0. The molecule has 0 aliphatic heterocycles. The second kappa shape index (κ2) is 9.80. The molecule has 3 rings (SSSR count). The summed E-state index contributed by atoms with van der Waals surface area (Å²) in [5, 5.41) is 5.05. The Kier molecular flexibility index (Phi) is 6.92. The van der Waals surface area contributed by atoms with Crippen LogP contribution in [0.3, 0.4) is 0 Å². The average molecular weight is 428 g/mol. The molecule has 0 heterocycles. The first kappa shape index (κ1) is 21.9. The van der Waals surface area contributed by atoms with Crippen LogP contribution >= 0.6 is 0 Å². The van der Waals surface area contributed by atoms with Gasteiger partial charge in [-0.05, 0) is 41.5 Å². The number of amides is 2. The SMILES string of the molecule is O=C(NCc1ccc(C(=O)Nc2cccc(C(F)(F)F)c2)cc1)OCc1ccccc1. The summed E-state index contributed by atoms with van der Waals surface area (Å²) in [6.07, 6.45) is -5.06. The third-order valence-corrected chi connectivity index (χ3v) is 4.31. The number of alkyl halides is 3. The molecule has 0 aliphatic carbocycles. The van der Waals surface area contributed by atoms with E-state index in [1.165, 1.54) is 24.3 Å². The highest BCUT2D eigenvalue weighted by atomic mass is 19.4. The van der Waals surface area contributed by atoms with Gasteiger partial charge in [0.25, 0.3) is 5.91 Å². The van der Waals surface area contributed by atoms with Gasteiger partial charge in [-0.25, -0.2) is 4.79 Å². The lowest BCUT2D eigenvalue weighted by Crippen LogP contribution is -2.23. The molecule has 2 N–H and O–H groups in total. The Hall–Kier alpha value is -3.81. The number of benzene rings is 3. The van der Waals surface area contributed by atoms with Gasteiger partial charge in [-0.15, -0.1) is 0 Å². The molecule has 0 aromatic heterocycles. The van der Waals surface area contributed by atoms with Crippen LogP contribution in [0.2, 0.25) is 0 Å². The van der Waals surface area contributed by atoms with Gasteiger partial charge in [0.2, 0.25) is 0 Å². The van der Waals surface area contributed by atoms with Crippen molar-refractivity contribution in [1.29, 1.82) is 0 Å². The molecule has 31 heavy (non-hydrogen) atoms. The maximum absolute atomic E-state index is 12.8. The monoisotopic (exact) mass is 428 g/mol. The maximum atomic E-state index is 12.8. The highest BCUT2D eigenvalue weighted by Gasteiger charge is 2.30. The summed E-state index contributed by atoms with van der Waals surface area (Å²) in [7, 11) is 0. The zero-order chi connectivity index (χ0) is 22.3. The van der Waals surface area contributed by atoms with Crippen LogP contribution in [0, 0.1) is 0 Å². The molecule has 2 amide bonds. The number of anilines is 1. The van der Waals surface area contributed by atoms with Gasteiger partial charge in [0.1, 0.15) is 6.61 Å². The van der Waals surface area contributed by atoms with E-state index in [0.29, 0.717) is 0 Å². The van der Waals surface area contributed by atoms with Gasteiger partial charge in [-0.2, -0.15) is 13.2 Å². The Balaban J connectivity index is 1.50. The number of rotatable bonds is 6. The standard InChI is InChI=1S/C23H19F3N2O3/c24-23(25,26)19-7-4-8-20(13-19)28-21(29)18-11-9-16(10-12-18)14-27-22(30)31-15-17-5-2-1-3-6-17/h1-13H,14-15H2,(H,27,30)(H,28,29). The Morgan fingerprint density at radius 1 is 0.839 bits per heavy atom. The van der Waals surface area contributed by atoms with Crippen LogP contribution in [0.25, 0.3) is 0 Å². The number of nitrogens with one attached hydrogen (secondary N) is 2. The lowest BCUT2D eigenvalue weighted by atomic mass is 10.1. The summed E-state index contributed by atoms with van der Waals surface area (Å²) in [6.45, 7) is 0.352. The van der Waals surface area contributed by atoms with Crippen LogP contribution in [0.5, 0.6) is 0 Å². The number of halogens is 3. The van der Waals surface area contributed by atoms with Crippen molar-refractivity contribution in [3.63, 3.8) is 0 Å². The van der Waals surface area contributed by atoms with Gasteiger partial charge >= 0.3 is 12.3 Å². The van der Waals surface area contributed by atoms with Gasteiger partial charge in [0, 0.05) is 17.8 Å². The van der Waals surface area contributed by atoms with Gasteiger partial charge < -0.3 is 15.4 Å². The van der Waals surface area contributed by atoms with E-state index in [-0.39, 0.29) is 24.4 Å². The molecule has 0 bridgehead atoms. The first-order chi connectivity index (χ1) is 14.8. The number of carbonyl (C=O) groups is 2. The molecular weight excluding hydrogens is 409 g/mol. The van der Waals surface area contributed by atoms with Crippen molar-refractivity contribution in [2.24, 2.45) is 0 Å². The molecule has 0 fully saturated rings. The number of carbonyl (C=O) groups excluding carboxylic acids is 2. The largest absolute Gasteiger partial charge is 0.445 e. The second-order valence-electron chi connectivity index (χ2n) is 6.64. The van der Waals surface area contributed by atoms with Gasteiger partial charge in [0.15, 0.2) is 0 Å². The van der Waals surface area contributed by atoms with Crippen LogP contribution < -0.4 is 10.6 Å². The van der Waals surface area contributed by atoms with Crippen molar-refractivity contribution in [2.75, 3.05) is 5.32 Å². The summed E-state index contributed by atoms with van der Waals surface area (Å²) < 4.78 is 43.5. The highest BCUT2D eigenvalue weighted by Crippen LogP contribution is 2.30. The average Bonchev–Trinajstić information content (AvgIpc) is 2.77. The fourth-order valence-corrected chi connectivity index (χ4v) is 2.70. The molecule has 8 heteroatoms. The summed E-state index contributed by atoms with van der Waals surface area (Å²) in [5.74, 6) is -0.541. The lowest BCUT2D eigenvalue weighted by Gasteiger charge is -2.10. The van der Waals surface area contributed by atoms with Crippen LogP contribution in [0.4, 0.5) is 23.7 Å². The van der Waals surface area contributed by atoms with E-state index < -0.39 is 23.7 Å². The van der Waals surface area contributed by atoms with Crippen LogP contribution in [0.15, 0.2) is 78.9 Å². The Labute approximate surface area is 176 Å². The Bertz CT molecular complexity index is 1040. The molecule has 0 spiro atoms. The van der Waals surface area contributed by atoms with E-state index in [9.17, 15) is 22.8 Å². The minimum absolute atomic E-state index is 0.0479. The smallest absolute Gasteiger partial charge is 0.416 e. The first-order valence-electron chi connectivity index (χ1n) is 9.33. The Morgan fingerprint density at radius 2 is 1.55 bits per heavy atom. The normalized spacial score (nSPS) is 10.9. The van der Waals surface area contributed by atoms with Crippen molar-refractivity contribution in [3.05, 3.63) is 101 Å².